The van der Waals surface area contributed by atoms with Gasteiger partial charge >= 0.3 is 0 Å². The van der Waals surface area contributed by atoms with E-state index in [0.29, 0.717) is 12.1 Å². The van der Waals surface area contributed by atoms with Gasteiger partial charge in [-0.15, -0.1) is 10.2 Å². The predicted octanol–water partition coefficient (Wildman–Crippen LogP) is 3.72. The number of rotatable bonds is 3. The van der Waals surface area contributed by atoms with Crippen LogP contribution in [0.15, 0.2) is 60.8 Å². The second kappa shape index (κ2) is 6.17. The molecule has 0 amide bonds. The van der Waals surface area contributed by atoms with E-state index in [1.54, 1.807) is 6.07 Å². The number of nitrogens with zero attached hydrogens (tertiary/aromatic N) is 5. The fourth-order valence-electron chi connectivity index (χ4n) is 2.98. The Hall–Kier alpha value is -3.52. The van der Waals surface area contributed by atoms with Gasteiger partial charge in [-0.1, -0.05) is 36.4 Å². The van der Waals surface area contributed by atoms with Crippen LogP contribution in [-0.2, 0) is 6.54 Å². The van der Waals surface area contributed by atoms with Crippen molar-refractivity contribution in [1.29, 1.82) is 5.26 Å². The van der Waals surface area contributed by atoms with E-state index in [1.165, 1.54) is 0 Å². The molecule has 0 aliphatic rings. The summed E-state index contributed by atoms with van der Waals surface area (Å²) >= 11 is 0. The van der Waals surface area contributed by atoms with Gasteiger partial charge in [-0.3, -0.25) is 4.98 Å². The monoisotopic (exact) mass is 325 g/mol. The maximum Gasteiger partial charge on any atom is 0.164 e. The van der Waals surface area contributed by atoms with E-state index >= 15 is 0 Å². The van der Waals surface area contributed by atoms with E-state index in [4.69, 9.17) is 5.26 Å². The smallest absolute Gasteiger partial charge is 0.164 e. The molecular weight excluding hydrogens is 310 g/mol. The third kappa shape index (κ3) is 2.74. The highest BCUT2D eigenvalue weighted by molar-refractivity contribution is 5.81. The topological polar surface area (TPSA) is 67.4 Å². The highest BCUT2D eigenvalue weighted by Crippen LogP contribution is 2.23. The number of benzene rings is 2. The number of nitriles is 1. The van der Waals surface area contributed by atoms with Gasteiger partial charge in [-0.25, -0.2) is 0 Å². The molecule has 0 saturated heterocycles. The van der Waals surface area contributed by atoms with Crippen LogP contribution in [0, 0.1) is 18.3 Å². The van der Waals surface area contributed by atoms with E-state index in [1.807, 2.05) is 43.5 Å². The lowest BCUT2D eigenvalue weighted by atomic mass is 10.1. The number of pyridine rings is 1. The van der Waals surface area contributed by atoms with E-state index in [9.17, 15) is 0 Å². The molecule has 0 radical (unpaired) electrons. The van der Waals surface area contributed by atoms with Crippen LogP contribution in [0.3, 0.4) is 0 Å². The van der Waals surface area contributed by atoms with Crippen LogP contribution < -0.4 is 0 Å². The lowest BCUT2D eigenvalue weighted by Gasteiger charge is -2.11. The Kier molecular flexibility index (Phi) is 3.71. The summed E-state index contributed by atoms with van der Waals surface area (Å²) in [5.74, 6) is 1.58. The fraction of sp³-hybridized carbons (Fsp3) is 0.100. The van der Waals surface area contributed by atoms with Gasteiger partial charge in [0.05, 0.1) is 23.7 Å². The van der Waals surface area contributed by atoms with E-state index < -0.39 is 0 Å². The number of aryl methyl sites for hydroxylation is 1. The Morgan fingerprint density at radius 1 is 1.04 bits per heavy atom. The first kappa shape index (κ1) is 15.0. The van der Waals surface area contributed by atoms with Crippen LogP contribution in [0.25, 0.3) is 22.3 Å². The molecule has 0 aliphatic carbocycles. The summed E-state index contributed by atoms with van der Waals surface area (Å²) in [6.07, 6.45) is 1.81. The summed E-state index contributed by atoms with van der Waals surface area (Å²) in [4.78, 5) is 4.52. The van der Waals surface area contributed by atoms with Crippen molar-refractivity contribution in [2.24, 2.45) is 0 Å². The van der Waals surface area contributed by atoms with Gasteiger partial charge in [-0.05, 0) is 30.7 Å². The molecule has 4 rings (SSSR count). The van der Waals surface area contributed by atoms with Crippen molar-refractivity contribution in [3.8, 4) is 17.5 Å². The predicted molar refractivity (Wildman–Crippen MR) is 95.8 cm³/mol. The quantitative estimate of drug-likeness (QED) is 0.576. The average molecular weight is 325 g/mol. The van der Waals surface area contributed by atoms with Gasteiger partial charge in [0.25, 0.3) is 0 Å². The minimum atomic E-state index is 0.608. The molecule has 0 N–H and O–H groups in total. The molecule has 0 atom stereocenters. The second-order valence-electron chi connectivity index (χ2n) is 5.84. The molecule has 0 saturated carbocycles. The molecule has 0 fully saturated rings. The van der Waals surface area contributed by atoms with Crippen LogP contribution in [0.1, 0.15) is 17.0 Å². The summed E-state index contributed by atoms with van der Waals surface area (Å²) in [6.45, 7) is 2.56. The molecule has 5 heteroatoms. The Bertz CT molecular complexity index is 1100. The summed E-state index contributed by atoms with van der Waals surface area (Å²) in [5.41, 5.74) is 3.58. The first-order chi connectivity index (χ1) is 12.3. The molecule has 0 spiro atoms. The molecule has 120 valence electrons. The molecule has 5 nitrogen and oxygen atoms in total. The van der Waals surface area contributed by atoms with E-state index in [2.05, 4.69) is 44.0 Å². The second-order valence-corrected chi connectivity index (χ2v) is 5.84. The van der Waals surface area contributed by atoms with Gasteiger partial charge in [0.15, 0.2) is 5.82 Å². The lowest BCUT2D eigenvalue weighted by molar-refractivity contribution is 0.771. The normalized spacial score (nSPS) is 10.7. The van der Waals surface area contributed by atoms with Crippen LogP contribution >= 0.6 is 0 Å². The maximum absolute atomic E-state index is 9.14. The zero-order valence-corrected chi connectivity index (χ0v) is 13.7. The summed E-state index contributed by atoms with van der Waals surface area (Å²) < 4.78 is 2.06. The van der Waals surface area contributed by atoms with Gasteiger partial charge in [-0.2, -0.15) is 5.26 Å². The Balaban J connectivity index is 1.81. The number of fused-ring (bicyclic) bond motifs is 1. The zero-order chi connectivity index (χ0) is 17.2. The number of para-hydroxylation sites is 1. The molecule has 2 heterocycles. The fourth-order valence-corrected chi connectivity index (χ4v) is 2.98. The van der Waals surface area contributed by atoms with Gasteiger partial charge in [0, 0.05) is 17.1 Å². The van der Waals surface area contributed by atoms with Crippen molar-refractivity contribution in [3.63, 3.8) is 0 Å². The molecule has 4 aromatic rings. The standard InChI is InChI=1S/C20H15N5/c1-14-23-24-20(17-7-2-5-15(11-17)12-21)25(14)13-18-8-3-6-16-9-4-10-22-19(16)18/h2-11H,13H2,1H3. The highest BCUT2D eigenvalue weighted by Gasteiger charge is 2.13. The van der Waals surface area contributed by atoms with Crippen molar-refractivity contribution < 1.29 is 0 Å². The molecular formula is C20H15N5. The SMILES string of the molecule is Cc1nnc(-c2cccc(C#N)c2)n1Cc1cccc2cccnc12. The third-order valence-corrected chi connectivity index (χ3v) is 4.23. The van der Waals surface area contributed by atoms with Crippen molar-refractivity contribution in [1.82, 2.24) is 19.7 Å². The van der Waals surface area contributed by atoms with Crippen molar-refractivity contribution in [3.05, 3.63) is 77.7 Å². The Labute approximate surface area is 145 Å². The average Bonchev–Trinajstić information content (AvgIpc) is 3.03. The maximum atomic E-state index is 9.14. The highest BCUT2D eigenvalue weighted by atomic mass is 15.3. The van der Waals surface area contributed by atoms with Crippen molar-refractivity contribution in [2.75, 3.05) is 0 Å². The largest absolute Gasteiger partial charge is 0.307 e. The summed E-state index contributed by atoms with van der Waals surface area (Å²) in [6, 6.07) is 19.8. The molecule has 0 bridgehead atoms. The minimum absolute atomic E-state index is 0.608. The summed E-state index contributed by atoms with van der Waals surface area (Å²) in [7, 11) is 0. The van der Waals surface area contributed by atoms with E-state index in [0.717, 1.165) is 33.7 Å². The third-order valence-electron chi connectivity index (χ3n) is 4.23. The van der Waals surface area contributed by atoms with Gasteiger partial charge in [0.2, 0.25) is 0 Å². The zero-order valence-electron chi connectivity index (χ0n) is 13.7. The minimum Gasteiger partial charge on any atom is -0.307 e. The lowest BCUT2D eigenvalue weighted by Crippen LogP contribution is -2.05. The Morgan fingerprint density at radius 2 is 1.88 bits per heavy atom. The van der Waals surface area contributed by atoms with E-state index in [-0.39, 0.29) is 0 Å². The van der Waals surface area contributed by atoms with Gasteiger partial charge in [0.1, 0.15) is 5.82 Å². The Morgan fingerprint density at radius 3 is 2.76 bits per heavy atom. The van der Waals surface area contributed by atoms with Crippen LogP contribution in [-0.4, -0.2) is 19.7 Å². The first-order valence-electron chi connectivity index (χ1n) is 7.99. The van der Waals surface area contributed by atoms with Crippen LogP contribution in [0.2, 0.25) is 0 Å². The molecule has 0 aliphatic heterocycles. The van der Waals surface area contributed by atoms with Crippen molar-refractivity contribution >= 4 is 10.9 Å². The number of hydrogen-bond donors (Lipinski definition) is 0. The van der Waals surface area contributed by atoms with Crippen LogP contribution in [0.4, 0.5) is 0 Å². The number of aromatic nitrogens is 4. The van der Waals surface area contributed by atoms with Gasteiger partial charge < -0.3 is 4.57 Å². The molecule has 2 aromatic heterocycles. The van der Waals surface area contributed by atoms with Crippen LogP contribution in [0.5, 0.6) is 0 Å². The number of hydrogen-bond acceptors (Lipinski definition) is 4. The van der Waals surface area contributed by atoms with Crippen molar-refractivity contribution in [2.45, 2.75) is 13.5 Å². The molecule has 0 unspecified atom stereocenters. The molecule has 25 heavy (non-hydrogen) atoms. The summed E-state index contributed by atoms with van der Waals surface area (Å²) in [5, 5.41) is 18.8. The molecule has 2 aromatic carbocycles. The first-order valence-corrected chi connectivity index (χ1v) is 7.99.